The van der Waals surface area contributed by atoms with Crippen LogP contribution in [0.2, 0.25) is 0 Å². The first kappa shape index (κ1) is 13.6. The van der Waals surface area contributed by atoms with Crippen LogP contribution in [0.15, 0.2) is 24.3 Å². The van der Waals surface area contributed by atoms with Gasteiger partial charge in [0.05, 0.1) is 0 Å². The standard InChI is InChI=1S/C15H18N4O2/c1-8(2)13-16-15(19-18-13)17-14(20)12-9(3)10-6-4-5-7-11(10)21-12/h4-9,12H,1-3H3,(H2,16,17,18,19,20)/t9-,12-/m0/s1. The number of ether oxygens (including phenoxy) is 1. The molecule has 0 unspecified atom stereocenters. The van der Waals surface area contributed by atoms with Crippen molar-refractivity contribution in [3.8, 4) is 5.75 Å². The van der Waals surface area contributed by atoms with Crippen molar-refractivity contribution in [2.45, 2.75) is 38.7 Å². The molecule has 1 aromatic heterocycles. The van der Waals surface area contributed by atoms with Gasteiger partial charge in [0.15, 0.2) is 6.10 Å². The second-order valence-electron chi connectivity index (χ2n) is 5.55. The summed E-state index contributed by atoms with van der Waals surface area (Å²) in [5, 5.41) is 9.52. The Morgan fingerprint density at radius 3 is 2.81 bits per heavy atom. The molecule has 2 atom stereocenters. The average Bonchev–Trinajstić information content (AvgIpc) is 3.05. The van der Waals surface area contributed by atoms with Gasteiger partial charge in [-0.1, -0.05) is 39.0 Å². The number of fused-ring (bicyclic) bond motifs is 1. The van der Waals surface area contributed by atoms with E-state index in [1.165, 1.54) is 0 Å². The van der Waals surface area contributed by atoms with Crippen LogP contribution in [0, 0.1) is 0 Å². The van der Waals surface area contributed by atoms with Gasteiger partial charge in [-0.2, -0.15) is 4.98 Å². The Bertz CT molecular complexity index is 665. The molecular weight excluding hydrogens is 268 g/mol. The maximum atomic E-state index is 12.3. The molecular formula is C15H18N4O2. The number of benzene rings is 1. The molecule has 0 bridgehead atoms. The zero-order valence-electron chi connectivity index (χ0n) is 12.3. The lowest BCUT2D eigenvalue weighted by atomic mass is 9.97. The van der Waals surface area contributed by atoms with Gasteiger partial charge in [0.25, 0.3) is 5.91 Å². The van der Waals surface area contributed by atoms with Crippen molar-refractivity contribution >= 4 is 11.9 Å². The predicted octanol–water partition coefficient (Wildman–Crippen LogP) is 2.43. The highest BCUT2D eigenvalue weighted by Crippen LogP contribution is 2.37. The number of aromatic nitrogens is 3. The third kappa shape index (κ3) is 2.49. The van der Waals surface area contributed by atoms with Crippen LogP contribution in [-0.2, 0) is 4.79 Å². The number of amides is 1. The molecule has 6 heteroatoms. The van der Waals surface area contributed by atoms with E-state index < -0.39 is 6.10 Å². The van der Waals surface area contributed by atoms with Gasteiger partial charge in [0.1, 0.15) is 11.6 Å². The zero-order chi connectivity index (χ0) is 15.0. The molecule has 0 spiro atoms. The van der Waals surface area contributed by atoms with E-state index in [9.17, 15) is 4.79 Å². The molecule has 0 saturated carbocycles. The molecule has 3 rings (SSSR count). The van der Waals surface area contributed by atoms with Crippen LogP contribution in [0.25, 0.3) is 0 Å². The van der Waals surface area contributed by atoms with E-state index in [1.54, 1.807) is 0 Å². The summed E-state index contributed by atoms with van der Waals surface area (Å²) in [6.45, 7) is 5.99. The maximum absolute atomic E-state index is 12.3. The summed E-state index contributed by atoms with van der Waals surface area (Å²) in [5.41, 5.74) is 1.05. The highest BCUT2D eigenvalue weighted by atomic mass is 16.5. The Balaban J connectivity index is 1.72. The number of para-hydroxylation sites is 1. The van der Waals surface area contributed by atoms with Crippen LogP contribution >= 0.6 is 0 Å². The minimum absolute atomic E-state index is 0.00436. The monoisotopic (exact) mass is 286 g/mol. The van der Waals surface area contributed by atoms with Gasteiger partial charge in [-0.25, -0.2) is 0 Å². The summed E-state index contributed by atoms with van der Waals surface area (Å²) in [6.07, 6.45) is -0.552. The van der Waals surface area contributed by atoms with Gasteiger partial charge < -0.3 is 4.74 Å². The van der Waals surface area contributed by atoms with Gasteiger partial charge in [-0.05, 0) is 6.07 Å². The summed E-state index contributed by atoms with van der Waals surface area (Å²) in [6, 6.07) is 7.71. The second kappa shape index (κ2) is 5.20. The molecule has 110 valence electrons. The van der Waals surface area contributed by atoms with Crippen molar-refractivity contribution in [1.29, 1.82) is 0 Å². The molecule has 1 aliphatic rings. The lowest BCUT2D eigenvalue weighted by molar-refractivity contribution is -0.122. The molecule has 1 aromatic carbocycles. The van der Waals surface area contributed by atoms with Crippen LogP contribution in [0.1, 0.15) is 44.0 Å². The maximum Gasteiger partial charge on any atom is 0.268 e. The minimum atomic E-state index is -0.552. The molecule has 0 saturated heterocycles. The van der Waals surface area contributed by atoms with E-state index in [1.807, 2.05) is 45.0 Å². The third-order valence-electron chi connectivity index (χ3n) is 3.66. The van der Waals surface area contributed by atoms with Gasteiger partial charge in [-0.3, -0.25) is 15.2 Å². The number of anilines is 1. The zero-order valence-corrected chi connectivity index (χ0v) is 12.3. The van der Waals surface area contributed by atoms with Gasteiger partial charge >= 0.3 is 0 Å². The number of carbonyl (C=O) groups is 1. The van der Waals surface area contributed by atoms with Crippen LogP contribution in [0.3, 0.4) is 0 Å². The van der Waals surface area contributed by atoms with Crippen molar-refractivity contribution in [3.05, 3.63) is 35.7 Å². The number of aromatic amines is 1. The molecule has 1 aliphatic heterocycles. The van der Waals surface area contributed by atoms with Crippen molar-refractivity contribution in [2.24, 2.45) is 0 Å². The highest BCUT2D eigenvalue weighted by molar-refractivity contribution is 5.94. The molecule has 0 radical (unpaired) electrons. The number of carbonyl (C=O) groups excluding carboxylic acids is 1. The van der Waals surface area contributed by atoms with E-state index in [0.29, 0.717) is 0 Å². The summed E-state index contributed by atoms with van der Waals surface area (Å²) in [4.78, 5) is 16.6. The Morgan fingerprint density at radius 2 is 2.14 bits per heavy atom. The van der Waals surface area contributed by atoms with E-state index in [2.05, 4.69) is 20.5 Å². The van der Waals surface area contributed by atoms with Gasteiger partial charge in [0.2, 0.25) is 5.95 Å². The first-order valence-corrected chi connectivity index (χ1v) is 7.05. The van der Waals surface area contributed by atoms with Crippen LogP contribution in [0.5, 0.6) is 5.75 Å². The molecule has 1 amide bonds. The van der Waals surface area contributed by atoms with E-state index in [0.717, 1.165) is 17.1 Å². The lowest BCUT2D eigenvalue weighted by Gasteiger charge is -2.13. The highest BCUT2D eigenvalue weighted by Gasteiger charge is 2.36. The van der Waals surface area contributed by atoms with Crippen LogP contribution < -0.4 is 10.1 Å². The van der Waals surface area contributed by atoms with Crippen LogP contribution in [0.4, 0.5) is 5.95 Å². The summed E-state index contributed by atoms with van der Waals surface area (Å²) < 4.78 is 5.73. The number of nitrogens with zero attached hydrogens (tertiary/aromatic N) is 2. The number of hydrogen-bond donors (Lipinski definition) is 2. The summed E-state index contributed by atoms with van der Waals surface area (Å²) in [5.74, 6) is 1.80. The van der Waals surface area contributed by atoms with Crippen molar-refractivity contribution in [1.82, 2.24) is 15.2 Å². The lowest BCUT2D eigenvalue weighted by Crippen LogP contribution is -2.33. The van der Waals surface area contributed by atoms with Gasteiger partial charge in [-0.15, -0.1) is 5.10 Å². The van der Waals surface area contributed by atoms with Crippen molar-refractivity contribution < 1.29 is 9.53 Å². The molecule has 0 aliphatic carbocycles. The first-order valence-electron chi connectivity index (χ1n) is 7.05. The van der Waals surface area contributed by atoms with E-state index in [4.69, 9.17) is 4.74 Å². The predicted molar refractivity (Wildman–Crippen MR) is 78.4 cm³/mol. The van der Waals surface area contributed by atoms with Crippen molar-refractivity contribution in [2.75, 3.05) is 5.32 Å². The molecule has 6 nitrogen and oxygen atoms in total. The van der Waals surface area contributed by atoms with E-state index >= 15 is 0 Å². The smallest absolute Gasteiger partial charge is 0.268 e. The topological polar surface area (TPSA) is 79.9 Å². The third-order valence-corrected chi connectivity index (χ3v) is 3.66. The van der Waals surface area contributed by atoms with E-state index in [-0.39, 0.29) is 23.7 Å². The minimum Gasteiger partial charge on any atom is -0.480 e. The number of nitrogens with one attached hydrogen (secondary N) is 2. The molecule has 2 aromatic rings. The summed E-state index contributed by atoms with van der Waals surface area (Å²) in [7, 11) is 0. The first-order chi connectivity index (χ1) is 10.1. The summed E-state index contributed by atoms with van der Waals surface area (Å²) >= 11 is 0. The molecule has 0 fully saturated rings. The molecule has 21 heavy (non-hydrogen) atoms. The fourth-order valence-electron chi connectivity index (χ4n) is 2.42. The van der Waals surface area contributed by atoms with Crippen LogP contribution in [-0.4, -0.2) is 27.2 Å². The molecule has 2 heterocycles. The molecule has 2 N–H and O–H groups in total. The average molecular weight is 286 g/mol. The second-order valence-corrected chi connectivity index (χ2v) is 5.55. The Labute approximate surface area is 122 Å². The number of rotatable bonds is 3. The largest absolute Gasteiger partial charge is 0.480 e. The Hall–Kier alpha value is -2.37. The number of hydrogen-bond acceptors (Lipinski definition) is 4. The SMILES string of the molecule is CC(C)c1nc(NC(=O)[C@H]2Oc3ccccc3[C@@H]2C)n[nH]1. The van der Waals surface area contributed by atoms with Crippen molar-refractivity contribution in [3.63, 3.8) is 0 Å². The quantitative estimate of drug-likeness (QED) is 0.908. The fraction of sp³-hybridized carbons (Fsp3) is 0.400. The van der Waals surface area contributed by atoms with Gasteiger partial charge in [0, 0.05) is 17.4 Å². The Kier molecular flexibility index (Phi) is 3.37. The number of H-pyrrole nitrogens is 1. The normalized spacial score (nSPS) is 20.2. The Morgan fingerprint density at radius 1 is 1.38 bits per heavy atom. The fourth-order valence-corrected chi connectivity index (χ4v) is 2.42.